The quantitative estimate of drug-likeness (QED) is 0.571. The first-order valence-electron chi connectivity index (χ1n) is 5.58. The van der Waals surface area contributed by atoms with Crippen LogP contribution in [-0.2, 0) is 0 Å². The summed E-state index contributed by atoms with van der Waals surface area (Å²) in [7, 11) is 0. The highest BCUT2D eigenvalue weighted by Gasteiger charge is 2.08. The SMILES string of the molecule is CCC(C)CC(CC)NCCCO. The van der Waals surface area contributed by atoms with Crippen molar-refractivity contribution in [3.8, 4) is 0 Å². The topological polar surface area (TPSA) is 32.3 Å². The van der Waals surface area contributed by atoms with Crippen LogP contribution in [0.2, 0.25) is 0 Å². The molecule has 2 unspecified atom stereocenters. The van der Waals surface area contributed by atoms with Crippen LogP contribution in [0.25, 0.3) is 0 Å². The van der Waals surface area contributed by atoms with Crippen molar-refractivity contribution in [2.45, 2.75) is 52.5 Å². The standard InChI is InChI=1S/C11H25NO/c1-4-10(3)9-11(5-2)12-7-6-8-13/h10-13H,4-9H2,1-3H3. The Morgan fingerprint density at radius 1 is 1.23 bits per heavy atom. The fraction of sp³-hybridized carbons (Fsp3) is 1.00. The van der Waals surface area contributed by atoms with E-state index >= 15 is 0 Å². The van der Waals surface area contributed by atoms with Gasteiger partial charge in [-0.15, -0.1) is 0 Å². The zero-order valence-electron chi connectivity index (χ0n) is 9.34. The lowest BCUT2D eigenvalue weighted by atomic mass is 9.98. The van der Waals surface area contributed by atoms with Crippen molar-refractivity contribution in [2.75, 3.05) is 13.2 Å². The Kier molecular flexibility index (Phi) is 8.46. The first-order valence-corrected chi connectivity index (χ1v) is 5.58. The molecule has 0 aromatic heterocycles. The third kappa shape index (κ3) is 7.03. The van der Waals surface area contributed by atoms with Gasteiger partial charge in [0.2, 0.25) is 0 Å². The number of rotatable bonds is 8. The van der Waals surface area contributed by atoms with Gasteiger partial charge in [0.1, 0.15) is 0 Å². The van der Waals surface area contributed by atoms with Crippen molar-refractivity contribution in [2.24, 2.45) is 5.92 Å². The average Bonchev–Trinajstić information content (AvgIpc) is 2.16. The van der Waals surface area contributed by atoms with Crippen molar-refractivity contribution in [1.82, 2.24) is 5.32 Å². The fourth-order valence-electron chi connectivity index (χ4n) is 1.43. The summed E-state index contributed by atoms with van der Waals surface area (Å²) in [6.07, 6.45) is 4.59. The highest BCUT2D eigenvalue weighted by atomic mass is 16.3. The van der Waals surface area contributed by atoms with Gasteiger partial charge in [-0.3, -0.25) is 0 Å². The van der Waals surface area contributed by atoms with Gasteiger partial charge in [-0.25, -0.2) is 0 Å². The number of hydrogen-bond donors (Lipinski definition) is 2. The number of aliphatic hydroxyl groups is 1. The lowest BCUT2D eigenvalue weighted by Crippen LogP contribution is -2.31. The summed E-state index contributed by atoms with van der Waals surface area (Å²) < 4.78 is 0. The lowest BCUT2D eigenvalue weighted by Gasteiger charge is -2.20. The molecule has 0 saturated carbocycles. The smallest absolute Gasteiger partial charge is 0.0443 e. The zero-order valence-corrected chi connectivity index (χ0v) is 9.34. The number of nitrogens with one attached hydrogen (secondary N) is 1. The highest BCUT2D eigenvalue weighted by molar-refractivity contribution is 4.67. The minimum absolute atomic E-state index is 0.298. The summed E-state index contributed by atoms with van der Waals surface area (Å²) in [5.74, 6) is 0.812. The monoisotopic (exact) mass is 187 g/mol. The average molecular weight is 187 g/mol. The van der Waals surface area contributed by atoms with Gasteiger partial charge in [0, 0.05) is 12.6 Å². The predicted molar refractivity (Wildman–Crippen MR) is 57.9 cm³/mol. The molecule has 0 aliphatic carbocycles. The second-order valence-electron chi connectivity index (χ2n) is 3.89. The molecule has 13 heavy (non-hydrogen) atoms. The summed E-state index contributed by atoms with van der Waals surface area (Å²) in [6.45, 7) is 8.01. The van der Waals surface area contributed by atoms with Gasteiger partial charge >= 0.3 is 0 Å². The van der Waals surface area contributed by atoms with Crippen LogP contribution >= 0.6 is 0 Å². The molecule has 0 heterocycles. The van der Waals surface area contributed by atoms with Gasteiger partial charge in [0.05, 0.1) is 0 Å². The second-order valence-corrected chi connectivity index (χ2v) is 3.89. The van der Waals surface area contributed by atoms with E-state index < -0.39 is 0 Å². The molecule has 80 valence electrons. The van der Waals surface area contributed by atoms with E-state index in [0.29, 0.717) is 12.6 Å². The molecule has 0 amide bonds. The van der Waals surface area contributed by atoms with E-state index in [1.165, 1.54) is 19.3 Å². The van der Waals surface area contributed by atoms with Gasteiger partial charge in [0.15, 0.2) is 0 Å². The highest BCUT2D eigenvalue weighted by Crippen LogP contribution is 2.11. The molecule has 0 bridgehead atoms. The first-order chi connectivity index (χ1) is 6.24. The van der Waals surface area contributed by atoms with Crippen LogP contribution < -0.4 is 5.32 Å². The van der Waals surface area contributed by atoms with E-state index in [9.17, 15) is 0 Å². The summed E-state index contributed by atoms with van der Waals surface area (Å²) in [5, 5.41) is 12.1. The molecule has 0 aliphatic heterocycles. The van der Waals surface area contributed by atoms with Gasteiger partial charge in [0.25, 0.3) is 0 Å². The maximum Gasteiger partial charge on any atom is 0.0443 e. The Morgan fingerprint density at radius 2 is 1.92 bits per heavy atom. The van der Waals surface area contributed by atoms with Crippen LogP contribution in [0.1, 0.15) is 46.5 Å². The van der Waals surface area contributed by atoms with Crippen LogP contribution in [0.5, 0.6) is 0 Å². The molecule has 2 heteroatoms. The van der Waals surface area contributed by atoms with E-state index in [1.54, 1.807) is 0 Å². The molecule has 0 saturated heterocycles. The minimum atomic E-state index is 0.298. The Balaban J connectivity index is 3.50. The van der Waals surface area contributed by atoms with Crippen LogP contribution in [0.15, 0.2) is 0 Å². The number of hydrogen-bond acceptors (Lipinski definition) is 2. The Hall–Kier alpha value is -0.0800. The normalized spacial score (nSPS) is 15.7. The molecule has 2 N–H and O–H groups in total. The van der Waals surface area contributed by atoms with Crippen LogP contribution in [-0.4, -0.2) is 24.3 Å². The first kappa shape index (κ1) is 12.9. The molecule has 0 rings (SSSR count). The van der Waals surface area contributed by atoms with Gasteiger partial charge < -0.3 is 10.4 Å². The number of aliphatic hydroxyl groups excluding tert-OH is 1. The Morgan fingerprint density at radius 3 is 2.38 bits per heavy atom. The van der Waals surface area contributed by atoms with Crippen molar-refractivity contribution < 1.29 is 5.11 Å². The van der Waals surface area contributed by atoms with Crippen molar-refractivity contribution in [1.29, 1.82) is 0 Å². The van der Waals surface area contributed by atoms with Crippen molar-refractivity contribution in [3.63, 3.8) is 0 Å². The largest absolute Gasteiger partial charge is 0.396 e. The molecule has 0 aliphatic rings. The van der Waals surface area contributed by atoms with Gasteiger partial charge in [-0.1, -0.05) is 27.2 Å². The Labute approximate surface area is 82.7 Å². The summed E-state index contributed by atoms with van der Waals surface area (Å²) in [4.78, 5) is 0. The van der Waals surface area contributed by atoms with Crippen molar-refractivity contribution in [3.05, 3.63) is 0 Å². The molecule has 0 spiro atoms. The van der Waals surface area contributed by atoms with E-state index in [0.717, 1.165) is 18.9 Å². The zero-order chi connectivity index (χ0) is 10.1. The molecule has 0 aromatic rings. The summed E-state index contributed by atoms with van der Waals surface area (Å²) in [6, 6.07) is 0.640. The fourth-order valence-corrected chi connectivity index (χ4v) is 1.43. The van der Waals surface area contributed by atoms with Crippen LogP contribution in [0.4, 0.5) is 0 Å². The van der Waals surface area contributed by atoms with Crippen LogP contribution in [0, 0.1) is 5.92 Å². The van der Waals surface area contributed by atoms with Crippen LogP contribution in [0.3, 0.4) is 0 Å². The van der Waals surface area contributed by atoms with Crippen molar-refractivity contribution >= 4 is 0 Å². The second kappa shape index (κ2) is 8.52. The Bertz CT molecular complexity index is 106. The molecule has 0 fully saturated rings. The van der Waals surface area contributed by atoms with E-state index in [1.807, 2.05) is 0 Å². The maximum atomic E-state index is 8.64. The molecular formula is C11H25NO. The molecule has 0 aromatic carbocycles. The van der Waals surface area contributed by atoms with E-state index in [-0.39, 0.29) is 0 Å². The lowest BCUT2D eigenvalue weighted by molar-refractivity contribution is 0.279. The van der Waals surface area contributed by atoms with E-state index in [4.69, 9.17) is 5.11 Å². The van der Waals surface area contributed by atoms with Gasteiger partial charge in [-0.2, -0.15) is 0 Å². The van der Waals surface area contributed by atoms with Gasteiger partial charge in [-0.05, 0) is 31.7 Å². The summed E-state index contributed by atoms with van der Waals surface area (Å²) >= 11 is 0. The minimum Gasteiger partial charge on any atom is -0.396 e. The van der Waals surface area contributed by atoms with E-state index in [2.05, 4.69) is 26.1 Å². The third-order valence-corrected chi connectivity index (χ3v) is 2.64. The molecule has 2 nitrogen and oxygen atoms in total. The summed E-state index contributed by atoms with van der Waals surface area (Å²) in [5.41, 5.74) is 0. The molecule has 0 radical (unpaired) electrons. The molecule has 2 atom stereocenters. The molecular weight excluding hydrogens is 162 g/mol. The predicted octanol–water partition coefficient (Wildman–Crippen LogP) is 2.17. The third-order valence-electron chi connectivity index (χ3n) is 2.64. The maximum absolute atomic E-state index is 8.64.